The minimum atomic E-state index is -1.35. The van der Waals surface area contributed by atoms with E-state index in [4.69, 9.17) is 29.8 Å². The summed E-state index contributed by atoms with van der Waals surface area (Å²) in [5, 5.41) is 47.0. The van der Waals surface area contributed by atoms with Crippen molar-refractivity contribution in [2.75, 3.05) is 26.4 Å². The summed E-state index contributed by atoms with van der Waals surface area (Å²) in [6.07, 6.45) is 31.5. The molecule has 8 aromatic rings. The molecule has 1 unspecified atom stereocenters. The molecule has 0 aromatic heterocycles. The first-order chi connectivity index (χ1) is 66.4. The molecule has 1 saturated carbocycles. The topological polar surface area (TPSA) is 321 Å². The number of unbranched alkanes of at least 4 members (excludes halogenated alkanes) is 16. The molecule has 8 aromatic carbocycles. The molecule has 1 radical (unpaired) electrons. The van der Waals surface area contributed by atoms with E-state index in [1.807, 2.05) is 144 Å². The number of hydrogen-bond acceptors (Lipinski definition) is 14. The van der Waals surface area contributed by atoms with E-state index in [9.17, 15) is 53.8 Å². The molecule has 0 spiro atoms. The predicted octanol–water partition coefficient (Wildman–Crippen LogP) is 28.3. The minimum Gasteiger partial charge on any atom is -0.480 e. The van der Waals surface area contributed by atoms with Crippen molar-refractivity contribution in [3.8, 4) is 44.5 Å². The van der Waals surface area contributed by atoms with Gasteiger partial charge in [-0.1, -0.05) is 377 Å². The molecule has 4 amide bonds. The molecule has 1 fully saturated rings. The van der Waals surface area contributed by atoms with E-state index in [0.29, 0.717) is 32.3 Å². The zero-order chi connectivity index (χ0) is 101. The molecular formula is C114H148ClI4N5O16V. The summed E-state index contributed by atoms with van der Waals surface area (Å²) in [6.45, 7) is 23.6. The Morgan fingerprint density at radius 3 is 0.823 bits per heavy atom. The van der Waals surface area contributed by atoms with Crippen molar-refractivity contribution in [1.82, 2.24) is 16.0 Å². The van der Waals surface area contributed by atoms with Crippen molar-refractivity contribution in [3.05, 3.63) is 294 Å². The Balaban J connectivity index is 0.000000372. The van der Waals surface area contributed by atoms with Crippen LogP contribution in [0.25, 0.3) is 44.5 Å². The van der Waals surface area contributed by atoms with E-state index in [1.54, 1.807) is 27.7 Å². The fraction of sp³-hybridized carbons (Fsp3) is 0.430. The van der Waals surface area contributed by atoms with E-state index in [2.05, 4.69) is 212 Å². The van der Waals surface area contributed by atoms with E-state index < -0.39 is 58.3 Å². The first kappa shape index (κ1) is 125. The number of carboxylic acid groups (broad SMARTS) is 3. The maximum Gasteiger partial charge on any atom is 0.408 e. The Bertz CT molecular complexity index is 4930. The fourth-order valence-corrected chi connectivity index (χ4v) is 18.3. The summed E-state index contributed by atoms with van der Waals surface area (Å²) >= 11 is 8.85. The molecule has 21 nitrogen and oxygen atoms in total. The third kappa shape index (κ3) is 38.9. The number of aliphatic carboxylic acids is 3. The van der Waals surface area contributed by atoms with E-state index in [1.165, 1.54) is 40.3 Å². The van der Waals surface area contributed by atoms with Crippen LogP contribution in [0.2, 0.25) is 0 Å². The summed E-state index contributed by atoms with van der Waals surface area (Å²) in [5.41, 5.74) is 19.4. The SMILES string of the molecule is C.C=CCCCCCC[C@@](C)(N)C(=O)O.C=CCCCCCC[C@@](C)(NC(=O)OCC1c2ccccc2-c2ccccc21)C(=O)O.C=CCCCCCC[C@@](C)(NC(=O)OCC1c2ccccc2-c2ccccc21)C(=O)O.C=CCCCCCC[C@@](C)(NC(=O)OCC1c2ccccc2-c2ccccc21)C(=O)[NH+](O)C1CCCCC1.CC(=O)OCC1c2ccccc2-c2ccccc21.Cl.IC(I)I.[CH2-]I.[V]. The number of benzene rings is 8. The van der Waals surface area contributed by atoms with Crippen LogP contribution in [0.1, 0.15) is 296 Å². The number of quaternary nitrogens is 1. The van der Waals surface area contributed by atoms with Crippen molar-refractivity contribution < 1.29 is 101 Å². The summed E-state index contributed by atoms with van der Waals surface area (Å²) in [6, 6.07) is 65.4. The number of halogens is 5. The molecule has 0 aliphatic heterocycles. The number of amides is 4. The molecule has 10 N–H and O–H groups in total. The largest absolute Gasteiger partial charge is 0.480 e. The van der Waals surface area contributed by atoms with Gasteiger partial charge in [-0.3, -0.25) is 14.5 Å². The maximum absolute atomic E-state index is 13.6. The first-order valence-corrected chi connectivity index (χ1v) is 53.6. The number of carboxylic acids is 3. The zero-order valence-corrected chi connectivity index (χ0v) is 92.6. The Morgan fingerprint density at radius 2 is 0.596 bits per heavy atom. The van der Waals surface area contributed by atoms with Gasteiger partial charge in [0.05, 0.1) is 0 Å². The van der Waals surface area contributed by atoms with Crippen molar-refractivity contribution >= 4 is 151 Å². The van der Waals surface area contributed by atoms with Crippen LogP contribution < -0.4 is 26.7 Å². The van der Waals surface area contributed by atoms with Crippen LogP contribution in [0, 0.1) is 4.93 Å². The normalized spacial score (nSPS) is 14.4. The standard InChI is InChI=1S/C32H42N2O4.2C26H31NO4.C16H14O2.C11H21NO2.CHI3.CH2I.CH4.ClH.V/c1-3-4-5-6-7-15-22-32(2,30(35)34(37)24-16-9-8-10-17-24)33-31(36)38-23-29-27-20-13-11-18-25(27)26-19-12-14-21-28(26)29;2*1-3-4-5-6-7-12-17-26(2,24(28)29)27-25(30)31-18-23-21-15-10-8-13-19(21)20-14-9-11-16-22(20)23;1-11(17)18-10-16-14-8-4-2-6-12(14)13-7-3-5-9-15(13)16;1-3-4-5-6-7-8-9-11(2,12)10(13)14;2-1(3)4;1-2;;;/h3,11-14,18-21,24,29,37H,1,4-10,15-17,22-23H2,2H3,(H,33,36);2*3,8-11,13-16,23H,1,4-7,12,17-18H2,2H3,(H,27,30)(H,28,29);2-9,16H,10H2,1H3;3H,1,4-9,12H2,2H3,(H,13,14);1H;1H2;1H4;1H;/q;;;;;;-1;;;/p+1/t32-;2*26-;;11-;;;;;/m111.1...../s1. The molecule has 27 heteroatoms. The number of alkyl carbamates (subject to hydrolysis) is 3. The predicted molar refractivity (Wildman–Crippen MR) is 601 cm³/mol. The van der Waals surface area contributed by atoms with Crippen LogP contribution >= 0.6 is 103 Å². The molecule has 13 rings (SSSR count). The number of carbonyl (C=O) groups excluding carboxylic acids is 5. The van der Waals surface area contributed by atoms with Crippen molar-refractivity contribution in [2.24, 2.45) is 5.73 Å². The molecule has 5 aliphatic carbocycles. The third-order valence-electron chi connectivity index (χ3n) is 26.1. The van der Waals surface area contributed by atoms with E-state index in [-0.39, 0.29) is 105 Å². The number of nitrogens with one attached hydrogen (secondary N) is 4. The summed E-state index contributed by atoms with van der Waals surface area (Å²) < 4.78 is 22.8. The number of alkyl halides is 3. The maximum atomic E-state index is 13.6. The van der Waals surface area contributed by atoms with Crippen molar-refractivity contribution in [2.45, 2.75) is 280 Å². The van der Waals surface area contributed by atoms with Gasteiger partial charge in [-0.25, -0.2) is 34.0 Å². The molecule has 0 heterocycles. The Morgan fingerprint density at radius 1 is 0.383 bits per heavy atom. The van der Waals surface area contributed by atoms with Crippen LogP contribution in [-0.4, -0.2) is 123 Å². The first-order valence-electron chi connectivity index (χ1n) is 48.3. The second-order valence-corrected chi connectivity index (χ2v) is 47.4. The fourth-order valence-electron chi connectivity index (χ4n) is 18.3. The average Bonchev–Trinajstić information content (AvgIpc) is 1.64. The molecule has 765 valence electrons. The number of fused-ring (bicyclic) bond motifs is 12. The number of hydrogen-bond donors (Lipinski definition) is 9. The van der Waals surface area contributed by atoms with Crippen molar-refractivity contribution in [1.29, 1.82) is 0 Å². The van der Waals surface area contributed by atoms with Crippen LogP contribution in [0.3, 0.4) is 0 Å². The number of carbonyl (C=O) groups is 8. The molecule has 141 heavy (non-hydrogen) atoms. The van der Waals surface area contributed by atoms with Gasteiger partial charge in [-0.2, -0.15) is 0 Å². The van der Waals surface area contributed by atoms with Crippen LogP contribution in [0.15, 0.2) is 245 Å². The second kappa shape index (κ2) is 66.0. The molecule has 0 bridgehead atoms. The van der Waals surface area contributed by atoms with Gasteiger partial charge in [0, 0.05) is 62.0 Å². The van der Waals surface area contributed by atoms with Crippen molar-refractivity contribution in [3.63, 3.8) is 0 Å². The number of esters is 1. The van der Waals surface area contributed by atoms with Gasteiger partial charge in [0.1, 0.15) is 49.0 Å². The second-order valence-electron chi connectivity index (χ2n) is 36.5. The van der Waals surface area contributed by atoms with Crippen LogP contribution in [0.4, 0.5) is 14.4 Å². The number of nitrogens with two attached hydrogens (primary N) is 1. The zero-order valence-electron chi connectivity index (χ0n) is 81.8. The Labute approximate surface area is 910 Å². The summed E-state index contributed by atoms with van der Waals surface area (Å²) in [7, 11) is 0. The molecular weight excluding hydrogens is 2290 g/mol. The quantitative estimate of drug-likeness (QED) is 0.00197. The van der Waals surface area contributed by atoms with Gasteiger partial charge in [-0.15, -0.1) is 43.8 Å². The molecule has 5 atom stereocenters. The smallest absolute Gasteiger partial charge is 0.408 e. The van der Waals surface area contributed by atoms with Gasteiger partial charge < -0.3 is 78.5 Å². The van der Waals surface area contributed by atoms with Gasteiger partial charge in [0.2, 0.25) is 0 Å². The van der Waals surface area contributed by atoms with Crippen LogP contribution in [0.5, 0.6) is 0 Å². The summed E-state index contributed by atoms with van der Waals surface area (Å²) in [4.78, 5) is 100. The van der Waals surface area contributed by atoms with Gasteiger partial charge in [-0.05, 0) is 207 Å². The third-order valence-corrected chi connectivity index (χ3v) is 26.1. The van der Waals surface area contributed by atoms with Crippen LogP contribution in [-0.2, 0) is 61.5 Å². The van der Waals surface area contributed by atoms with E-state index in [0.717, 1.165) is 216 Å². The monoisotopic (exact) mass is 2440 g/mol. The number of hydroxylamine groups is 2. The number of ether oxygens (including phenoxy) is 4. The van der Waals surface area contributed by atoms with Gasteiger partial charge >= 0.3 is 48.1 Å². The average molecular weight is 2440 g/mol. The van der Waals surface area contributed by atoms with Gasteiger partial charge in [0.25, 0.3) is 0 Å². The number of rotatable bonds is 44. The van der Waals surface area contributed by atoms with E-state index >= 15 is 0 Å². The minimum absolute atomic E-state index is 0. The van der Waals surface area contributed by atoms with Gasteiger partial charge in [0.15, 0.2) is 5.54 Å². The molecule has 0 saturated heterocycles. The number of allylic oxidation sites excluding steroid dienone is 4. The Kier molecular flexibility index (Phi) is 58.5. The summed E-state index contributed by atoms with van der Waals surface area (Å²) in [5.74, 6) is -3.61. The Hall–Kier alpha value is -8.25. The molecule has 5 aliphatic rings.